The van der Waals surface area contributed by atoms with Gasteiger partial charge in [-0.15, -0.1) is 0 Å². The summed E-state index contributed by atoms with van der Waals surface area (Å²) in [5.74, 6) is 0. The van der Waals surface area contributed by atoms with Crippen molar-refractivity contribution >= 4 is 6.03 Å². The molecular formula is C16H19N5O. The zero-order chi connectivity index (χ0) is 15.8. The Morgan fingerprint density at radius 3 is 3.05 bits per heavy atom. The van der Waals surface area contributed by atoms with Crippen molar-refractivity contribution in [2.24, 2.45) is 0 Å². The largest absolute Gasteiger partial charge is 0.338 e. The van der Waals surface area contributed by atoms with Crippen LogP contribution in [0.1, 0.15) is 17.5 Å². The summed E-state index contributed by atoms with van der Waals surface area (Å²) in [5, 5.41) is 15.9. The van der Waals surface area contributed by atoms with E-state index < -0.39 is 0 Å². The van der Waals surface area contributed by atoms with Gasteiger partial charge in [-0.05, 0) is 30.2 Å². The summed E-state index contributed by atoms with van der Waals surface area (Å²) in [6.07, 6.45) is 4.46. The minimum absolute atomic E-state index is 0.122. The molecule has 2 rings (SSSR count). The number of hydrogen-bond acceptors (Lipinski definition) is 3. The predicted molar refractivity (Wildman–Crippen MR) is 82.9 cm³/mol. The van der Waals surface area contributed by atoms with Gasteiger partial charge in [-0.1, -0.05) is 12.1 Å². The highest BCUT2D eigenvalue weighted by Gasteiger charge is 2.08. The summed E-state index contributed by atoms with van der Waals surface area (Å²) in [6, 6.07) is 11.1. The van der Waals surface area contributed by atoms with Crippen LogP contribution in [-0.4, -0.2) is 34.3 Å². The number of amides is 2. The maximum atomic E-state index is 12.0. The average Bonchev–Trinajstić information content (AvgIpc) is 3.04. The van der Waals surface area contributed by atoms with Crippen LogP contribution in [0.2, 0.25) is 0 Å². The molecule has 1 aromatic carbocycles. The van der Waals surface area contributed by atoms with Crippen LogP contribution in [0.15, 0.2) is 42.7 Å². The standard InChI is InChI=1S/C16H19N5O/c1-20(13-15-6-2-5-14(11-15)12-17)16(22)18-7-3-9-21-10-4-8-19-21/h2,4-6,8,10-11H,3,7,9,13H2,1H3,(H,18,22). The molecule has 0 atom stereocenters. The predicted octanol–water partition coefficient (Wildman–Crippen LogP) is 1.99. The van der Waals surface area contributed by atoms with Crippen molar-refractivity contribution in [1.29, 1.82) is 5.26 Å². The molecule has 1 heterocycles. The molecule has 0 bridgehead atoms. The van der Waals surface area contributed by atoms with Crippen LogP contribution in [-0.2, 0) is 13.1 Å². The highest BCUT2D eigenvalue weighted by Crippen LogP contribution is 2.06. The number of aromatic nitrogens is 2. The maximum Gasteiger partial charge on any atom is 0.317 e. The van der Waals surface area contributed by atoms with Gasteiger partial charge in [-0.3, -0.25) is 4.68 Å². The summed E-state index contributed by atoms with van der Waals surface area (Å²) < 4.78 is 1.84. The number of rotatable bonds is 6. The number of nitrogens with zero attached hydrogens (tertiary/aromatic N) is 4. The van der Waals surface area contributed by atoms with E-state index in [1.165, 1.54) is 0 Å². The smallest absolute Gasteiger partial charge is 0.317 e. The molecule has 6 nitrogen and oxygen atoms in total. The fourth-order valence-corrected chi connectivity index (χ4v) is 2.09. The van der Waals surface area contributed by atoms with E-state index in [1.54, 1.807) is 30.3 Å². The molecule has 0 unspecified atom stereocenters. The van der Waals surface area contributed by atoms with Gasteiger partial charge in [0.25, 0.3) is 0 Å². The summed E-state index contributed by atoms with van der Waals surface area (Å²) >= 11 is 0. The molecule has 0 saturated heterocycles. The zero-order valence-corrected chi connectivity index (χ0v) is 12.6. The van der Waals surface area contributed by atoms with Crippen molar-refractivity contribution in [2.75, 3.05) is 13.6 Å². The van der Waals surface area contributed by atoms with E-state index in [4.69, 9.17) is 5.26 Å². The molecule has 1 aromatic heterocycles. The third-order valence-electron chi connectivity index (χ3n) is 3.22. The zero-order valence-electron chi connectivity index (χ0n) is 12.6. The second-order valence-corrected chi connectivity index (χ2v) is 5.02. The summed E-state index contributed by atoms with van der Waals surface area (Å²) in [7, 11) is 1.74. The van der Waals surface area contributed by atoms with E-state index in [-0.39, 0.29) is 6.03 Å². The quantitative estimate of drug-likeness (QED) is 0.829. The number of carbonyl (C=O) groups excluding carboxylic acids is 1. The average molecular weight is 297 g/mol. The van der Waals surface area contributed by atoms with Crippen LogP contribution in [0, 0.1) is 11.3 Å². The third kappa shape index (κ3) is 4.63. The molecule has 114 valence electrons. The van der Waals surface area contributed by atoms with Gasteiger partial charge < -0.3 is 10.2 Å². The fourth-order valence-electron chi connectivity index (χ4n) is 2.09. The van der Waals surface area contributed by atoms with Crippen LogP contribution < -0.4 is 5.32 Å². The third-order valence-corrected chi connectivity index (χ3v) is 3.22. The van der Waals surface area contributed by atoms with Crippen LogP contribution in [0.25, 0.3) is 0 Å². The number of hydrogen-bond donors (Lipinski definition) is 1. The summed E-state index contributed by atoms with van der Waals surface area (Å²) in [4.78, 5) is 13.6. The van der Waals surface area contributed by atoms with Crippen molar-refractivity contribution in [1.82, 2.24) is 20.0 Å². The van der Waals surface area contributed by atoms with Crippen molar-refractivity contribution in [3.05, 3.63) is 53.9 Å². The van der Waals surface area contributed by atoms with Crippen molar-refractivity contribution in [2.45, 2.75) is 19.5 Å². The molecule has 2 amide bonds. The molecule has 22 heavy (non-hydrogen) atoms. The van der Waals surface area contributed by atoms with E-state index in [1.807, 2.05) is 29.1 Å². The Hall–Kier alpha value is -2.81. The minimum atomic E-state index is -0.122. The Bertz CT molecular complexity index is 645. The van der Waals surface area contributed by atoms with Crippen molar-refractivity contribution in [3.8, 4) is 6.07 Å². The molecule has 0 radical (unpaired) electrons. The highest BCUT2D eigenvalue weighted by atomic mass is 16.2. The maximum absolute atomic E-state index is 12.0. The molecule has 2 aromatic rings. The Labute approximate surface area is 130 Å². The first-order valence-corrected chi connectivity index (χ1v) is 7.14. The van der Waals surface area contributed by atoms with Crippen molar-refractivity contribution in [3.63, 3.8) is 0 Å². The first-order chi connectivity index (χ1) is 10.7. The number of carbonyl (C=O) groups is 1. The monoisotopic (exact) mass is 297 g/mol. The lowest BCUT2D eigenvalue weighted by Gasteiger charge is -2.18. The lowest BCUT2D eigenvalue weighted by Crippen LogP contribution is -2.37. The Morgan fingerprint density at radius 1 is 1.45 bits per heavy atom. The van der Waals surface area contributed by atoms with Gasteiger partial charge in [-0.2, -0.15) is 10.4 Å². The van der Waals surface area contributed by atoms with Gasteiger partial charge in [0.15, 0.2) is 0 Å². The second-order valence-electron chi connectivity index (χ2n) is 5.02. The van der Waals surface area contributed by atoms with Crippen molar-refractivity contribution < 1.29 is 4.79 Å². The first-order valence-electron chi connectivity index (χ1n) is 7.14. The number of benzene rings is 1. The molecule has 0 saturated carbocycles. The molecule has 0 fully saturated rings. The van der Waals surface area contributed by atoms with E-state index in [9.17, 15) is 4.79 Å². The number of aryl methyl sites for hydroxylation is 1. The second kappa shape index (κ2) is 7.84. The topological polar surface area (TPSA) is 74.0 Å². The van der Waals surface area contributed by atoms with Crippen LogP contribution in [0.5, 0.6) is 0 Å². The molecule has 0 spiro atoms. The summed E-state index contributed by atoms with van der Waals surface area (Å²) in [6.45, 7) is 1.85. The highest BCUT2D eigenvalue weighted by molar-refractivity contribution is 5.73. The first kappa shape index (κ1) is 15.6. The Kier molecular flexibility index (Phi) is 5.55. The van der Waals surface area contributed by atoms with E-state index >= 15 is 0 Å². The SMILES string of the molecule is CN(Cc1cccc(C#N)c1)C(=O)NCCCn1cccn1. The normalized spacial score (nSPS) is 10.0. The number of nitriles is 1. The molecule has 6 heteroatoms. The Balaban J connectivity index is 1.73. The molecule has 0 aliphatic heterocycles. The van der Waals surface area contributed by atoms with E-state index in [0.29, 0.717) is 18.7 Å². The molecular weight excluding hydrogens is 278 g/mol. The van der Waals surface area contributed by atoms with Crippen LogP contribution >= 0.6 is 0 Å². The number of urea groups is 1. The lowest BCUT2D eigenvalue weighted by molar-refractivity contribution is 0.206. The fraction of sp³-hybridized carbons (Fsp3) is 0.312. The van der Waals surface area contributed by atoms with E-state index in [2.05, 4.69) is 16.5 Å². The summed E-state index contributed by atoms with van der Waals surface area (Å²) in [5.41, 5.74) is 1.54. The van der Waals surface area contributed by atoms with Gasteiger partial charge in [0.1, 0.15) is 0 Å². The van der Waals surface area contributed by atoms with Gasteiger partial charge in [0.05, 0.1) is 11.6 Å². The van der Waals surface area contributed by atoms with Gasteiger partial charge >= 0.3 is 6.03 Å². The molecule has 1 N–H and O–H groups in total. The van der Waals surface area contributed by atoms with Crippen LogP contribution in [0.3, 0.4) is 0 Å². The van der Waals surface area contributed by atoms with Gasteiger partial charge in [-0.25, -0.2) is 4.79 Å². The number of nitrogens with one attached hydrogen (secondary N) is 1. The minimum Gasteiger partial charge on any atom is -0.338 e. The lowest BCUT2D eigenvalue weighted by atomic mass is 10.1. The van der Waals surface area contributed by atoms with Gasteiger partial charge in [0, 0.05) is 39.1 Å². The van der Waals surface area contributed by atoms with E-state index in [0.717, 1.165) is 18.5 Å². The Morgan fingerprint density at radius 2 is 2.32 bits per heavy atom. The molecule has 0 aliphatic carbocycles. The van der Waals surface area contributed by atoms with Gasteiger partial charge in [0.2, 0.25) is 0 Å². The molecule has 0 aliphatic rings. The van der Waals surface area contributed by atoms with Crippen LogP contribution in [0.4, 0.5) is 4.79 Å².